The van der Waals surface area contributed by atoms with E-state index < -0.39 is 5.97 Å². The average molecular weight is 225 g/mol. The van der Waals surface area contributed by atoms with Crippen LogP contribution < -0.4 is 0 Å². The van der Waals surface area contributed by atoms with Crippen molar-refractivity contribution in [2.75, 3.05) is 19.6 Å². The van der Waals surface area contributed by atoms with Gasteiger partial charge in [-0.05, 0) is 32.4 Å². The summed E-state index contributed by atoms with van der Waals surface area (Å²) in [5, 5.41) is 8.92. The molecule has 1 rings (SSSR count). The lowest BCUT2D eigenvalue weighted by Crippen LogP contribution is -2.27. The number of carboxylic acids is 1. The zero-order chi connectivity index (χ0) is 11.8. The molecule has 16 heavy (non-hydrogen) atoms. The van der Waals surface area contributed by atoms with E-state index in [0.29, 0.717) is 12.0 Å². The third-order valence-electron chi connectivity index (χ3n) is 3.20. The Kier molecular flexibility index (Phi) is 6.16. The molecule has 3 nitrogen and oxygen atoms in total. The fourth-order valence-corrected chi connectivity index (χ4v) is 2.12. The molecule has 3 heteroatoms. The van der Waals surface area contributed by atoms with Gasteiger partial charge < -0.3 is 5.11 Å². The van der Waals surface area contributed by atoms with E-state index in [2.05, 4.69) is 4.90 Å². The van der Waals surface area contributed by atoms with Crippen LogP contribution in [-0.4, -0.2) is 35.6 Å². The molecule has 0 amide bonds. The summed E-state index contributed by atoms with van der Waals surface area (Å²) < 4.78 is 0. The van der Waals surface area contributed by atoms with E-state index in [1.807, 2.05) is 13.0 Å². The molecule has 0 radical (unpaired) electrons. The van der Waals surface area contributed by atoms with Crippen LogP contribution in [0.25, 0.3) is 0 Å². The Balaban J connectivity index is 2.41. The second-order valence-corrected chi connectivity index (χ2v) is 4.46. The van der Waals surface area contributed by atoms with Gasteiger partial charge >= 0.3 is 5.97 Å². The van der Waals surface area contributed by atoms with Crippen LogP contribution in [0.3, 0.4) is 0 Å². The highest BCUT2D eigenvalue weighted by Crippen LogP contribution is 2.11. The van der Waals surface area contributed by atoms with Crippen LogP contribution in [0.1, 0.15) is 45.4 Å². The van der Waals surface area contributed by atoms with E-state index in [4.69, 9.17) is 5.11 Å². The number of hydrogen-bond donors (Lipinski definition) is 1. The minimum absolute atomic E-state index is 0.544. The highest BCUT2D eigenvalue weighted by Gasteiger charge is 2.08. The molecular weight excluding hydrogens is 202 g/mol. The molecule has 0 aromatic carbocycles. The molecule has 92 valence electrons. The maximum Gasteiger partial charge on any atom is 0.331 e. The van der Waals surface area contributed by atoms with E-state index in [1.165, 1.54) is 32.1 Å². The number of carboxylic acid groups (broad SMARTS) is 1. The molecule has 0 saturated carbocycles. The van der Waals surface area contributed by atoms with Crippen molar-refractivity contribution in [2.45, 2.75) is 45.4 Å². The fourth-order valence-electron chi connectivity index (χ4n) is 2.12. The number of aliphatic carboxylic acids is 1. The lowest BCUT2D eigenvalue weighted by Gasteiger charge is -2.23. The molecule has 0 aliphatic carbocycles. The number of likely N-dealkylation sites (tertiary alicyclic amines) is 1. The van der Waals surface area contributed by atoms with Gasteiger partial charge in [0, 0.05) is 12.1 Å². The summed E-state index contributed by atoms with van der Waals surface area (Å²) >= 11 is 0. The molecule has 1 saturated heterocycles. The first-order chi connectivity index (χ1) is 7.74. The van der Waals surface area contributed by atoms with Crippen LogP contribution in [-0.2, 0) is 4.79 Å². The monoisotopic (exact) mass is 225 g/mol. The standard InChI is InChI=1S/C13H23NO2/c1-2-12(13(15)16)8-11-14-9-6-4-3-5-7-10-14/h8H,2-7,9-11H2,1H3,(H,15,16). The Labute approximate surface area is 98.1 Å². The lowest BCUT2D eigenvalue weighted by atomic mass is 10.1. The quantitative estimate of drug-likeness (QED) is 0.748. The van der Waals surface area contributed by atoms with Gasteiger partial charge in [-0.15, -0.1) is 0 Å². The minimum Gasteiger partial charge on any atom is -0.478 e. The summed E-state index contributed by atoms with van der Waals surface area (Å²) in [5.74, 6) is -0.769. The van der Waals surface area contributed by atoms with Gasteiger partial charge in [-0.2, -0.15) is 0 Å². The van der Waals surface area contributed by atoms with E-state index in [0.717, 1.165) is 19.6 Å². The molecule has 1 heterocycles. The van der Waals surface area contributed by atoms with Gasteiger partial charge in [0.05, 0.1) is 0 Å². The first-order valence-electron chi connectivity index (χ1n) is 6.38. The van der Waals surface area contributed by atoms with E-state index in [-0.39, 0.29) is 0 Å². The second kappa shape index (κ2) is 7.44. The molecule has 1 aliphatic rings. The summed E-state index contributed by atoms with van der Waals surface area (Å²) in [7, 11) is 0. The Hall–Kier alpha value is -0.830. The van der Waals surface area contributed by atoms with Crippen LogP contribution in [0.15, 0.2) is 11.6 Å². The Morgan fingerprint density at radius 1 is 1.19 bits per heavy atom. The van der Waals surface area contributed by atoms with E-state index >= 15 is 0 Å². The van der Waals surface area contributed by atoms with Gasteiger partial charge in [-0.3, -0.25) is 4.90 Å². The summed E-state index contributed by atoms with van der Waals surface area (Å²) in [6.45, 7) is 4.93. The van der Waals surface area contributed by atoms with Crippen LogP contribution in [0.5, 0.6) is 0 Å². The van der Waals surface area contributed by atoms with Gasteiger partial charge in [0.15, 0.2) is 0 Å². The van der Waals surface area contributed by atoms with E-state index in [9.17, 15) is 4.79 Å². The second-order valence-electron chi connectivity index (χ2n) is 4.46. The zero-order valence-corrected chi connectivity index (χ0v) is 10.2. The molecule has 0 atom stereocenters. The first-order valence-corrected chi connectivity index (χ1v) is 6.38. The highest BCUT2D eigenvalue weighted by atomic mass is 16.4. The van der Waals surface area contributed by atoms with Gasteiger partial charge in [-0.1, -0.05) is 32.3 Å². The molecular formula is C13H23NO2. The van der Waals surface area contributed by atoms with Gasteiger partial charge in [0.2, 0.25) is 0 Å². The minimum atomic E-state index is -0.769. The number of rotatable bonds is 4. The number of hydrogen-bond acceptors (Lipinski definition) is 2. The van der Waals surface area contributed by atoms with Gasteiger partial charge in [0.1, 0.15) is 0 Å². The van der Waals surface area contributed by atoms with E-state index in [1.54, 1.807) is 0 Å². The Morgan fingerprint density at radius 2 is 1.75 bits per heavy atom. The molecule has 0 unspecified atom stereocenters. The van der Waals surface area contributed by atoms with Crippen molar-refractivity contribution >= 4 is 5.97 Å². The summed E-state index contributed by atoms with van der Waals surface area (Å²) in [4.78, 5) is 13.2. The number of carbonyl (C=O) groups is 1. The molecule has 1 aliphatic heterocycles. The molecule has 1 fully saturated rings. The largest absolute Gasteiger partial charge is 0.478 e. The SMILES string of the molecule is CCC(=CCN1CCCCCCC1)C(=O)O. The summed E-state index contributed by atoms with van der Waals surface area (Å²) in [6, 6.07) is 0. The van der Waals surface area contributed by atoms with Crippen LogP contribution in [0.2, 0.25) is 0 Å². The van der Waals surface area contributed by atoms with Gasteiger partial charge in [0.25, 0.3) is 0 Å². The fraction of sp³-hybridized carbons (Fsp3) is 0.769. The lowest BCUT2D eigenvalue weighted by molar-refractivity contribution is -0.132. The van der Waals surface area contributed by atoms with Crippen molar-refractivity contribution in [1.82, 2.24) is 4.90 Å². The molecule has 0 aromatic heterocycles. The number of nitrogens with zero attached hydrogens (tertiary/aromatic N) is 1. The predicted molar refractivity (Wildman–Crippen MR) is 65.5 cm³/mol. The van der Waals surface area contributed by atoms with Crippen molar-refractivity contribution in [3.8, 4) is 0 Å². The molecule has 0 spiro atoms. The smallest absolute Gasteiger partial charge is 0.331 e. The first kappa shape index (κ1) is 13.2. The summed E-state index contributed by atoms with van der Waals surface area (Å²) in [5.41, 5.74) is 0.544. The van der Waals surface area contributed by atoms with Crippen molar-refractivity contribution in [2.24, 2.45) is 0 Å². The zero-order valence-electron chi connectivity index (χ0n) is 10.2. The summed E-state index contributed by atoms with van der Waals surface area (Å²) in [6.07, 6.45) is 9.00. The van der Waals surface area contributed by atoms with Crippen molar-refractivity contribution in [3.05, 3.63) is 11.6 Å². The van der Waals surface area contributed by atoms with Crippen molar-refractivity contribution < 1.29 is 9.90 Å². The van der Waals surface area contributed by atoms with Gasteiger partial charge in [-0.25, -0.2) is 4.79 Å². The maximum atomic E-state index is 10.8. The highest BCUT2D eigenvalue weighted by molar-refractivity contribution is 5.86. The van der Waals surface area contributed by atoms with Crippen molar-refractivity contribution in [3.63, 3.8) is 0 Å². The maximum absolute atomic E-state index is 10.8. The van der Waals surface area contributed by atoms with Crippen LogP contribution in [0.4, 0.5) is 0 Å². The molecule has 1 N–H and O–H groups in total. The third kappa shape index (κ3) is 4.79. The normalized spacial score (nSPS) is 20.2. The van der Waals surface area contributed by atoms with Crippen LogP contribution in [0, 0.1) is 0 Å². The molecule has 0 aromatic rings. The Morgan fingerprint density at radius 3 is 2.25 bits per heavy atom. The third-order valence-corrected chi connectivity index (χ3v) is 3.20. The van der Waals surface area contributed by atoms with Crippen molar-refractivity contribution in [1.29, 1.82) is 0 Å². The Bertz CT molecular complexity index is 240. The van der Waals surface area contributed by atoms with Crippen LogP contribution >= 0.6 is 0 Å². The topological polar surface area (TPSA) is 40.5 Å². The average Bonchev–Trinajstić information content (AvgIpc) is 2.20. The molecule has 0 bridgehead atoms. The predicted octanol–water partition coefficient (Wildman–Crippen LogP) is 2.67.